The van der Waals surface area contributed by atoms with Gasteiger partial charge in [0.1, 0.15) is 0 Å². The number of rotatable bonds is 5. The van der Waals surface area contributed by atoms with Crippen LogP contribution >= 0.6 is 11.3 Å². The Hall–Kier alpha value is -1.73. The van der Waals surface area contributed by atoms with E-state index >= 15 is 0 Å². The van der Waals surface area contributed by atoms with Gasteiger partial charge in [-0.1, -0.05) is 0 Å². The molecule has 21 heavy (non-hydrogen) atoms. The van der Waals surface area contributed by atoms with Gasteiger partial charge in [0.2, 0.25) is 5.91 Å². The zero-order chi connectivity index (χ0) is 14.5. The van der Waals surface area contributed by atoms with Crippen LogP contribution in [0.15, 0.2) is 30.0 Å². The van der Waals surface area contributed by atoms with E-state index in [4.69, 9.17) is 0 Å². The van der Waals surface area contributed by atoms with E-state index in [-0.39, 0.29) is 5.91 Å². The van der Waals surface area contributed by atoms with E-state index in [1.807, 2.05) is 28.5 Å². The third kappa shape index (κ3) is 4.12. The van der Waals surface area contributed by atoms with Crippen molar-refractivity contribution in [3.63, 3.8) is 0 Å². The lowest BCUT2D eigenvalue weighted by Gasteiger charge is -2.31. The number of nitrogens with one attached hydrogen (secondary N) is 1. The second kappa shape index (κ2) is 6.82. The van der Waals surface area contributed by atoms with Crippen LogP contribution in [0.2, 0.25) is 0 Å². The number of amides is 1. The van der Waals surface area contributed by atoms with Crippen molar-refractivity contribution in [3.8, 4) is 0 Å². The minimum Gasteiger partial charge on any atom is -0.301 e. The van der Waals surface area contributed by atoms with Crippen LogP contribution in [0.5, 0.6) is 0 Å². The zero-order valence-corrected chi connectivity index (χ0v) is 12.6. The molecule has 1 aliphatic heterocycles. The summed E-state index contributed by atoms with van der Waals surface area (Å²) in [5.74, 6) is 0.679. The van der Waals surface area contributed by atoms with Crippen LogP contribution in [0.25, 0.3) is 0 Å². The molecule has 3 heterocycles. The number of aromatic nitrogens is 3. The van der Waals surface area contributed by atoms with Gasteiger partial charge in [-0.25, -0.2) is 4.98 Å². The highest BCUT2D eigenvalue weighted by Gasteiger charge is 2.21. The maximum absolute atomic E-state index is 11.9. The second-order valence-corrected chi connectivity index (χ2v) is 6.23. The molecule has 1 fully saturated rings. The van der Waals surface area contributed by atoms with E-state index < -0.39 is 0 Å². The first-order valence-corrected chi connectivity index (χ1v) is 8.07. The summed E-state index contributed by atoms with van der Waals surface area (Å²) in [5.41, 5.74) is 0. The summed E-state index contributed by atoms with van der Waals surface area (Å²) in [5, 5.41) is 9.61. The molecule has 0 aromatic carbocycles. The molecule has 2 aromatic heterocycles. The summed E-state index contributed by atoms with van der Waals surface area (Å²) >= 11 is 1.44. The predicted octanol–water partition coefficient (Wildman–Crippen LogP) is 1.69. The standard InChI is InChI=1S/C14H19N5OS/c20-13(17-14-15-5-9-21-14)11-18-7-2-12(3-8-18)10-19-6-1-4-16-19/h1,4-6,9,12H,2-3,7-8,10-11H2,(H,15,17,20). The van der Waals surface area contributed by atoms with Crippen LogP contribution in [-0.4, -0.2) is 45.2 Å². The Morgan fingerprint density at radius 1 is 1.38 bits per heavy atom. The highest BCUT2D eigenvalue weighted by Crippen LogP contribution is 2.19. The van der Waals surface area contributed by atoms with Crippen molar-refractivity contribution in [1.82, 2.24) is 19.7 Å². The summed E-state index contributed by atoms with van der Waals surface area (Å²) in [4.78, 5) is 18.2. The number of carbonyl (C=O) groups excluding carboxylic acids is 1. The van der Waals surface area contributed by atoms with E-state index in [2.05, 4.69) is 20.3 Å². The first-order valence-electron chi connectivity index (χ1n) is 7.19. The molecule has 0 bridgehead atoms. The van der Waals surface area contributed by atoms with Gasteiger partial charge in [-0.15, -0.1) is 11.3 Å². The SMILES string of the molecule is O=C(CN1CCC(Cn2cccn2)CC1)Nc1nccs1. The Morgan fingerprint density at radius 3 is 2.90 bits per heavy atom. The molecule has 0 aliphatic carbocycles. The molecule has 0 unspecified atom stereocenters. The Kier molecular flexibility index (Phi) is 4.62. The Labute approximate surface area is 127 Å². The molecular formula is C14H19N5OS. The molecule has 1 saturated heterocycles. The van der Waals surface area contributed by atoms with Gasteiger partial charge in [0.15, 0.2) is 5.13 Å². The fourth-order valence-corrected chi connectivity index (χ4v) is 3.19. The quantitative estimate of drug-likeness (QED) is 0.913. The van der Waals surface area contributed by atoms with Gasteiger partial charge in [-0.3, -0.25) is 14.4 Å². The van der Waals surface area contributed by atoms with E-state index in [1.165, 1.54) is 11.3 Å². The molecule has 1 aliphatic rings. The highest BCUT2D eigenvalue weighted by molar-refractivity contribution is 7.13. The van der Waals surface area contributed by atoms with Gasteiger partial charge >= 0.3 is 0 Å². The van der Waals surface area contributed by atoms with E-state index in [0.717, 1.165) is 32.5 Å². The van der Waals surface area contributed by atoms with Crippen LogP contribution in [0.4, 0.5) is 5.13 Å². The van der Waals surface area contributed by atoms with Gasteiger partial charge < -0.3 is 5.32 Å². The molecule has 3 rings (SSSR count). The van der Waals surface area contributed by atoms with Crippen molar-refractivity contribution in [1.29, 1.82) is 0 Å². The van der Waals surface area contributed by atoms with Crippen LogP contribution in [-0.2, 0) is 11.3 Å². The maximum Gasteiger partial charge on any atom is 0.240 e. The van der Waals surface area contributed by atoms with Crippen molar-refractivity contribution in [2.75, 3.05) is 25.0 Å². The molecule has 0 spiro atoms. The number of hydrogen-bond donors (Lipinski definition) is 1. The average molecular weight is 305 g/mol. The second-order valence-electron chi connectivity index (χ2n) is 5.33. The molecule has 1 amide bonds. The molecule has 7 heteroatoms. The summed E-state index contributed by atoms with van der Waals surface area (Å²) in [6, 6.07) is 1.96. The largest absolute Gasteiger partial charge is 0.301 e. The molecule has 0 saturated carbocycles. The van der Waals surface area contributed by atoms with Crippen LogP contribution in [0.1, 0.15) is 12.8 Å². The first kappa shape index (κ1) is 14.2. The van der Waals surface area contributed by atoms with Crippen LogP contribution in [0.3, 0.4) is 0 Å². The first-order chi connectivity index (χ1) is 10.3. The van der Waals surface area contributed by atoms with E-state index in [1.54, 1.807) is 6.20 Å². The molecule has 2 aromatic rings. The number of thiazole rings is 1. The Balaban J connectivity index is 1.40. The van der Waals surface area contributed by atoms with Crippen LogP contribution in [0, 0.1) is 5.92 Å². The topological polar surface area (TPSA) is 63.1 Å². The lowest BCUT2D eigenvalue weighted by molar-refractivity contribution is -0.117. The lowest BCUT2D eigenvalue weighted by atomic mass is 9.97. The summed E-state index contributed by atoms with van der Waals surface area (Å²) in [6.45, 7) is 3.37. The van der Waals surface area contributed by atoms with Gasteiger partial charge in [0.05, 0.1) is 6.54 Å². The normalized spacial score (nSPS) is 17.0. The van der Waals surface area contributed by atoms with Gasteiger partial charge in [-0.2, -0.15) is 5.10 Å². The number of carbonyl (C=O) groups is 1. The summed E-state index contributed by atoms with van der Waals surface area (Å²) in [6.07, 6.45) is 7.75. The number of piperidine rings is 1. The third-order valence-corrected chi connectivity index (χ3v) is 4.45. The lowest BCUT2D eigenvalue weighted by Crippen LogP contribution is -2.40. The smallest absolute Gasteiger partial charge is 0.240 e. The van der Waals surface area contributed by atoms with Crippen molar-refractivity contribution in [2.24, 2.45) is 5.92 Å². The van der Waals surface area contributed by atoms with Gasteiger partial charge in [-0.05, 0) is 37.9 Å². The summed E-state index contributed by atoms with van der Waals surface area (Å²) in [7, 11) is 0. The van der Waals surface area contributed by atoms with Crippen molar-refractivity contribution in [2.45, 2.75) is 19.4 Å². The zero-order valence-electron chi connectivity index (χ0n) is 11.8. The van der Waals surface area contributed by atoms with E-state index in [9.17, 15) is 4.79 Å². The predicted molar refractivity (Wildman–Crippen MR) is 82.1 cm³/mol. The van der Waals surface area contributed by atoms with Crippen LogP contribution < -0.4 is 5.32 Å². The van der Waals surface area contributed by atoms with Crippen molar-refractivity contribution in [3.05, 3.63) is 30.0 Å². The Morgan fingerprint density at radius 2 is 2.24 bits per heavy atom. The fourth-order valence-electron chi connectivity index (χ4n) is 2.65. The molecule has 0 atom stereocenters. The summed E-state index contributed by atoms with van der Waals surface area (Å²) < 4.78 is 2.00. The van der Waals surface area contributed by atoms with E-state index in [0.29, 0.717) is 17.6 Å². The van der Waals surface area contributed by atoms with Crippen molar-refractivity contribution >= 4 is 22.4 Å². The van der Waals surface area contributed by atoms with Crippen molar-refractivity contribution < 1.29 is 4.79 Å². The highest BCUT2D eigenvalue weighted by atomic mass is 32.1. The monoisotopic (exact) mass is 305 g/mol. The molecule has 1 N–H and O–H groups in total. The van der Waals surface area contributed by atoms with Gasteiger partial charge in [0, 0.05) is 30.5 Å². The minimum absolute atomic E-state index is 0.0236. The molecule has 6 nitrogen and oxygen atoms in total. The number of anilines is 1. The Bertz CT molecular complexity index is 546. The van der Waals surface area contributed by atoms with Gasteiger partial charge in [0.25, 0.3) is 0 Å². The molecule has 112 valence electrons. The average Bonchev–Trinajstić information content (AvgIpc) is 3.14. The maximum atomic E-state index is 11.9. The minimum atomic E-state index is 0.0236. The fraction of sp³-hybridized carbons (Fsp3) is 0.500. The molecule has 0 radical (unpaired) electrons. The third-order valence-electron chi connectivity index (χ3n) is 3.76. The number of hydrogen-bond acceptors (Lipinski definition) is 5. The number of likely N-dealkylation sites (tertiary alicyclic amines) is 1. The number of nitrogens with zero attached hydrogens (tertiary/aromatic N) is 4. The molecular weight excluding hydrogens is 286 g/mol.